The predicted octanol–water partition coefficient (Wildman–Crippen LogP) is 14.2. The van der Waals surface area contributed by atoms with Gasteiger partial charge in [0.15, 0.2) is 0 Å². The van der Waals surface area contributed by atoms with Crippen LogP contribution in [0.3, 0.4) is 0 Å². The number of rotatable bonds is 2. The van der Waals surface area contributed by atoms with E-state index in [1.165, 1.54) is 109 Å². The van der Waals surface area contributed by atoms with Gasteiger partial charge in [0, 0.05) is 5.41 Å². The van der Waals surface area contributed by atoms with E-state index in [4.69, 9.17) is 0 Å². The second-order valence-corrected chi connectivity index (χ2v) is 15.0. The van der Waals surface area contributed by atoms with Gasteiger partial charge in [-0.2, -0.15) is 0 Å². The molecule has 0 fully saturated rings. The number of hydrogen-bond acceptors (Lipinski definition) is 0. The quantitative estimate of drug-likeness (QED) is 0.164. The largest absolute Gasteiger partial charge is 0.0619 e. The molecule has 0 unspecified atom stereocenters. The maximum Gasteiger partial charge on any atom is 0.0159 e. The maximum absolute atomic E-state index is 2.45. The molecule has 0 aromatic heterocycles. The molecule has 0 aliphatic heterocycles. The highest BCUT2D eigenvalue weighted by Gasteiger charge is 2.35. The molecule has 1 aliphatic carbocycles. The maximum atomic E-state index is 2.45. The van der Waals surface area contributed by atoms with E-state index in [0.717, 1.165) is 0 Å². The lowest BCUT2D eigenvalue weighted by atomic mass is 9.81. The summed E-state index contributed by atoms with van der Waals surface area (Å²) >= 11 is 0. The zero-order valence-corrected chi connectivity index (χ0v) is 28.7. The molecule has 0 atom stereocenters. The van der Waals surface area contributed by atoms with Crippen LogP contribution in [-0.4, -0.2) is 0 Å². The van der Waals surface area contributed by atoms with Crippen LogP contribution in [0.25, 0.3) is 98.0 Å². The van der Waals surface area contributed by atoms with Gasteiger partial charge >= 0.3 is 0 Å². The first kappa shape index (κ1) is 28.6. The van der Waals surface area contributed by atoms with Gasteiger partial charge in [-0.1, -0.05) is 147 Å². The second kappa shape index (κ2) is 10.4. The third-order valence-electron chi connectivity index (χ3n) is 11.8. The Labute approximate surface area is 297 Å². The number of benzene rings is 10. The van der Waals surface area contributed by atoms with E-state index in [0.29, 0.717) is 0 Å². The van der Waals surface area contributed by atoms with Gasteiger partial charge in [-0.3, -0.25) is 0 Å². The highest BCUT2D eigenvalue weighted by atomic mass is 14.4. The molecule has 51 heavy (non-hydrogen) atoms. The summed E-state index contributed by atoms with van der Waals surface area (Å²) in [5, 5.41) is 15.5. The minimum absolute atomic E-state index is 0.000936. The van der Waals surface area contributed by atoms with Crippen molar-refractivity contribution in [2.75, 3.05) is 0 Å². The summed E-state index contributed by atoms with van der Waals surface area (Å²) in [5.41, 5.74) is 10.6. The van der Waals surface area contributed by atoms with Crippen molar-refractivity contribution in [3.63, 3.8) is 0 Å². The van der Waals surface area contributed by atoms with Gasteiger partial charge in [0.2, 0.25) is 0 Å². The van der Waals surface area contributed by atoms with Crippen molar-refractivity contribution in [3.05, 3.63) is 181 Å². The highest BCUT2D eigenvalue weighted by Crippen LogP contribution is 2.50. The molecular formula is C51H34. The molecule has 0 bridgehead atoms. The van der Waals surface area contributed by atoms with Gasteiger partial charge in [0.05, 0.1) is 0 Å². The Bertz CT molecular complexity index is 3100. The van der Waals surface area contributed by atoms with Crippen molar-refractivity contribution < 1.29 is 0 Å². The normalized spacial score (nSPS) is 13.5. The van der Waals surface area contributed by atoms with Crippen LogP contribution < -0.4 is 0 Å². The van der Waals surface area contributed by atoms with Crippen LogP contribution in [0.2, 0.25) is 0 Å². The molecule has 10 aromatic rings. The van der Waals surface area contributed by atoms with E-state index in [-0.39, 0.29) is 5.41 Å². The standard InChI is InChI=1S/C51H34/c1-51(2)49-10-6-5-9-45(49)48-30-47-40(29-50(48)51)21-24-43-44(47)23-19-32-11-13-38(28-46(32)43)36-17-16-33-25-35(15-14-34(33)26-36)37-20-22-42-39(27-37)18-12-31-7-3-4-8-41(31)42/h3-30H,1-2H3. The van der Waals surface area contributed by atoms with Gasteiger partial charge in [-0.25, -0.2) is 0 Å². The molecule has 0 saturated carbocycles. The Hall–Kier alpha value is -6.24. The topological polar surface area (TPSA) is 0 Å². The minimum Gasteiger partial charge on any atom is -0.0619 e. The first-order valence-corrected chi connectivity index (χ1v) is 18.0. The van der Waals surface area contributed by atoms with Crippen molar-refractivity contribution in [3.8, 4) is 33.4 Å². The molecule has 11 rings (SSSR count). The Balaban J connectivity index is 0.991. The van der Waals surface area contributed by atoms with Crippen LogP contribution in [-0.2, 0) is 5.41 Å². The van der Waals surface area contributed by atoms with Crippen LogP contribution in [0.1, 0.15) is 25.0 Å². The Morgan fingerprint density at radius 2 is 0.745 bits per heavy atom. The molecule has 0 spiro atoms. The van der Waals surface area contributed by atoms with E-state index in [1.54, 1.807) is 0 Å². The third kappa shape index (κ3) is 4.20. The van der Waals surface area contributed by atoms with Crippen LogP contribution in [0.5, 0.6) is 0 Å². The van der Waals surface area contributed by atoms with Crippen LogP contribution in [0.4, 0.5) is 0 Å². The van der Waals surface area contributed by atoms with E-state index < -0.39 is 0 Å². The first-order chi connectivity index (χ1) is 25.0. The van der Waals surface area contributed by atoms with Gasteiger partial charge in [-0.15, -0.1) is 0 Å². The molecule has 0 nitrogen and oxygen atoms in total. The van der Waals surface area contributed by atoms with Crippen molar-refractivity contribution in [2.45, 2.75) is 19.3 Å². The summed E-state index contributed by atoms with van der Waals surface area (Å²) < 4.78 is 0. The van der Waals surface area contributed by atoms with Crippen molar-refractivity contribution in [2.24, 2.45) is 0 Å². The van der Waals surface area contributed by atoms with E-state index >= 15 is 0 Å². The van der Waals surface area contributed by atoms with Gasteiger partial charge in [-0.05, 0) is 146 Å². The fraction of sp³-hybridized carbons (Fsp3) is 0.0588. The Kier molecular flexibility index (Phi) is 5.82. The lowest BCUT2D eigenvalue weighted by Crippen LogP contribution is -2.14. The van der Waals surface area contributed by atoms with Gasteiger partial charge < -0.3 is 0 Å². The lowest BCUT2D eigenvalue weighted by Gasteiger charge is -2.21. The second-order valence-electron chi connectivity index (χ2n) is 15.0. The molecule has 0 heterocycles. The van der Waals surface area contributed by atoms with E-state index in [9.17, 15) is 0 Å². The SMILES string of the molecule is CC1(C)c2ccccc2-c2cc3c(ccc4c5cc(-c6ccc7cc(-c8ccc9c(ccc%10ccccc%109)c8)ccc7c6)ccc5ccc34)cc21. The first-order valence-electron chi connectivity index (χ1n) is 18.0. The molecule has 0 heteroatoms. The van der Waals surface area contributed by atoms with E-state index in [1.807, 2.05) is 0 Å². The molecule has 10 aromatic carbocycles. The average Bonchev–Trinajstić information content (AvgIpc) is 3.41. The zero-order chi connectivity index (χ0) is 33.8. The molecule has 0 saturated heterocycles. The number of fused-ring (bicyclic) bond motifs is 12. The summed E-state index contributed by atoms with van der Waals surface area (Å²) in [4.78, 5) is 0. The van der Waals surface area contributed by atoms with Gasteiger partial charge in [0.1, 0.15) is 0 Å². The predicted molar refractivity (Wildman–Crippen MR) is 220 cm³/mol. The van der Waals surface area contributed by atoms with E-state index in [2.05, 4.69) is 184 Å². The third-order valence-corrected chi connectivity index (χ3v) is 11.8. The highest BCUT2D eigenvalue weighted by molar-refractivity contribution is 6.19. The summed E-state index contributed by atoms with van der Waals surface area (Å²) in [7, 11) is 0. The number of hydrogen-bond donors (Lipinski definition) is 0. The summed E-state index contributed by atoms with van der Waals surface area (Å²) in [6, 6.07) is 63.8. The Morgan fingerprint density at radius 1 is 0.275 bits per heavy atom. The molecule has 0 amide bonds. The smallest absolute Gasteiger partial charge is 0.0159 e. The van der Waals surface area contributed by atoms with Crippen LogP contribution in [0, 0.1) is 0 Å². The van der Waals surface area contributed by atoms with Crippen molar-refractivity contribution >= 4 is 64.6 Å². The van der Waals surface area contributed by atoms with Crippen molar-refractivity contribution in [1.82, 2.24) is 0 Å². The van der Waals surface area contributed by atoms with Crippen LogP contribution >= 0.6 is 0 Å². The average molecular weight is 647 g/mol. The fourth-order valence-corrected chi connectivity index (χ4v) is 9.04. The summed E-state index contributed by atoms with van der Waals surface area (Å²) in [6.45, 7) is 4.72. The summed E-state index contributed by atoms with van der Waals surface area (Å²) in [6.07, 6.45) is 0. The van der Waals surface area contributed by atoms with Crippen LogP contribution in [0.15, 0.2) is 170 Å². The summed E-state index contributed by atoms with van der Waals surface area (Å²) in [5.74, 6) is 0. The van der Waals surface area contributed by atoms with Crippen molar-refractivity contribution in [1.29, 1.82) is 0 Å². The molecule has 238 valence electrons. The fourth-order valence-electron chi connectivity index (χ4n) is 9.04. The Morgan fingerprint density at radius 3 is 1.53 bits per heavy atom. The molecular weight excluding hydrogens is 613 g/mol. The lowest BCUT2D eigenvalue weighted by molar-refractivity contribution is 0.661. The van der Waals surface area contributed by atoms with Gasteiger partial charge in [0.25, 0.3) is 0 Å². The molecule has 1 aliphatic rings. The monoisotopic (exact) mass is 646 g/mol. The molecule has 0 radical (unpaired) electrons. The minimum atomic E-state index is 0.000936. The zero-order valence-electron chi connectivity index (χ0n) is 28.7. The molecule has 0 N–H and O–H groups in total.